The maximum Gasteiger partial charge on any atom is 2.00 e. The Labute approximate surface area is 229 Å². The van der Waals surface area contributed by atoms with E-state index in [-0.39, 0.29) is 41.5 Å². The first kappa shape index (κ1) is 27.9. The molecule has 7 aliphatic rings. The van der Waals surface area contributed by atoms with Gasteiger partial charge in [0, 0.05) is 31.5 Å². The molecule has 4 atom stereocenters. The SMILES string of the molecule is [CH]1[CH][CH][CH][CH]1.[CH]1[CH][CH][C](B2O[C@@H](C3COC4(CCCCC4)O3)[C@H](C3COC4(CCCCC4)O3)O2)[CH]1.[Fe+2]. The quantitative estimate of drug-likeness (QED) is 0.500. The molecule has 7 fully saturated rings. The molecule has 194 valence electrons. The molecule has 0 amide bonds. The average Bonchev–Trinajstić information content (AvgIpc) is 3.72. The van der Waals surface area contributed by atoms with Gasteiger partial charge in [0.15, 0.2) is 11.6 Å². The van der Waals surface area contributed by atoms with E-state index in [9.17, 15) is 0 Å². The van der Waals surface area contributed by atoms with E-state index in [1.165, 1.54) is 12.8 Å². The van der Waals surface area contributed by atoms with E-state index in [0.717, 1.165) is 57.2 Å². The first-order valence-corrected chi connectivity index (χ1v) is 13.6. The van der Waals surface area contributed by atoms with Crippen LogP contribution < -0.4 is 0 Å². The molecule has 3 saturated heterocycles. The third-order valence-electron chi connectivity index (χ3n) is 8.12. The van der Waals surface area contributed by atoms with Crippen molar-refractivity contribution >= 4 is 7.12 Å². The summed E-state index contributed by atoms with van der Waals surface area (Å²) in [5.41, 5.74) is 0. The Morgan fingerprint density at radius 2 is 1.00 bits per heavy atom. The predicted molar refractivity (Wildman–Crippen MR) is 131 cm³/mol. The molecule has 2 unspecified atom stereocenters. The van der Waals surface area contributed by atoms with Gasteiger partial charge in [-0.1, -0.05) is 12.8 Å². The number of ether oxygens (including phenoxy) is 4. The Bertz CT molecular complexity index is 623. The molecule has 3 heterocycles. The van der Waals surface area contributed by atoms with Crippen LogP contribution in [0.2, 0.25) is 0 Å². The van der Waals surface area contributed by atoms with Crippen LogP contribution >= 0.6 is 0 Å². The maximum absolute atomic E-state index is 6.54. The topological polar surface area (TPSA) is 55.4 Å². The summed E-state index contributed by atoms with van der Waals surface area (Å²) in [7, 11) is -0.395. The van der Waals surface area contributed by atoms with Crippen LogP contribution in [-0.2, 0) is 45.3 Å². The molecule has 3 aliphatic heterocycles. The summed E-state index contributed by atoms with van der Waals surface area (Å²) >= 11 is 0. The first-order valence-electron chi connectivity index (χ1n) is 13.6. The smallest absolute Gasteiger partial charge is 0.402 e. The van der Waals surface area contributed by atoms with Crippen molar-refractivity contribution in [1.82, 2.24) is 0 Å². The molecule has 4 aliphatic carbocycles. The van der Waals surface area contributed by atoms with Crippen molar-refractivity contribution in [3.63, 3.8) is 0 Å². The molecule has 7 rings (SSSR count). The number of hydrogen-bond acceptors (Lipinski definition) is 6. The van der Waals surface area contributed by atoms with Gasteiger partial charge in [-0.2, -0.15) is 0 Å². The monoisotopic (exact) mass is 536 g/mol. The van der Waals surface area contributed by atoms with E-state index in [0.29, 0.717) is 13.2 Å². The first-order chi connectivity index (χ1) is 17.2. The Balaban J connectivity index is 0.000000400. The molecule has 8 heteroatoms. The minimum Gasteiger partial charge on any atom is -0.402 e. The van der Waals surface area contributed by atoms with Gasteiger partial charge in [-0.3, -0.25) is 0 Å². The van der Waals surface area contributed by atoms with Crippen molar-refractivity contribution < 1.29 is 45.3 Å². The summed E-state index contributed by atoms with van der Waals surface area (Å²) in [5.74, 6) is 0.194. The van der Waals surface area contributed by atoms with Gasteiger partial charge in [-0.05, 0) is 83.5 Å². The van der Waals surface area contributed by atoms with E-state index >= 15 is 0 Å². The summed E-state index contributed by atoms with van der Waals surface area (Å²) in [6, 6.07) is 0. The second-order valence-electron chi connectivity index (χ2n) is 10.6. The zero-order chi connectivity index (χ0) is 23.6. The molecule has 36 heavy (non-hydrogen) atoms. The molecule has 6 nitrogen and oxygen atoms in total. The van der Waals surface area contributed by atoms with Gasteiger partial charge in [0.2, 0.25) is 0 Å². The maximum atomic E-state index is 6.54. The third kappa shape index (κ3) is 6.22. The van der Waals surface area contributed by atoms with E-state index in [4.69, 9.17) is 28.3 Å². The van der Waals surface area contributed by atoms with E-state index < -0.39 is 18.7 Å². The summed E-state index contributed by atoms with van der Waals surface area (Å²) in [5, 5.41) is 0. The fourth-order valence-corrected chi connectivity index (χ4v) is 6.28. The zero-order valence-corrected chi connectivity index (χ0v) is 22.0. The molecule has 0 aromatic rings. The Kier molecular flexibility index (Phi) is 9.82. The second kappa shape index (κ2) is 12.7. The van der Waals surface area contributed by atoms with Crippen LogP contribution in [0.3, 0.4) is 0 Å². The molecular formula is C28H37BFeO6+2. The largest absolute Gasteiger partial charge is 2.00 e. The molecule has 0 aromatic heterocycles. The Morgan fingerprint density at radius 3 is 1.42 bits per heavy atom. The minimum atomic E-state index is -0.424. The van der Waals surface area contributed by atoms with E-state index in [1.54, 1.807) is 0 Å². The molecule has 2 spiro atoms. The van der Waals surface area contributed by atoms with Crippen molar-refractivity contribution in [2.75, 3.05) is 13.2 Å². The predicted octanol–water partition coefficient (Wildman–Crippen LogP) is 4.37. The van der Waals surface area contributed by atoms with Crippen LogP contribution in [-0.4, -0.2) is 56.3 Å². The molecule has 4 saturated carbocycles. The van der Waals surface area contributed by atoms with Crippen molar-refractivity contribution in [3.05, 3.63) is 63.6 Å². The van der Waals surface area contributed by atoms with Crippen molar-refractivity contribution in [2.45, 2.75) is 100 Å². The zero-order valence-electron chi connectivity index (χ0n) is 20.9. The molecule has 10 radical (unpaired) electrons. The van der Waals surface area contributed by atoms with Crippen molar-refractivity contribution in [2.24, 2.45) is 0 Å². The second-order valence-corrected chi connectivity index (χ2v) is 10.6. The minimum absolute atomic E-state index is 0. The van der Waals surface area contributed by atoms with E-state index in [2.05, 4.69) is 0 Å². The standard InChI is InChI=1S/C23H32BO6.C5H5.Fe/c1-5-11-22(12-6-1)25-15-18(27-22)20-21(30-24(29-20)17-9-3-4-10-17)19-16-26-23(28-19)13-7-2-8-14-23;1-2-4-5-3-1;/h3-4,9-10,18-21H,1-2,5-8,11-16H2;1-5H;/q;;+2/t18?,19?,20-,21-;;/m0../s1. The number of hydrogen-bond donors (Lipinski definition) is 0. The third-order valence-corrected chi connectivity index (χ3v) is 8.12. The van der Waals surface area contributed by atoms with Crippen LogP contribution in [0.4, 0.5) is 0 Å². The van der Waals surface area contributed by atoms with Crippen LogP contribution in [0.1, 0.15) is 64.2 Å². The van der Waals surface area contributed by atoms with Gasteiger partial charge in [0.1, 0.15) is 12.2 Å². The summed E-state index contributed by atoms with van der Waals surface area (Å²) in [4.78, 5) is 0. The van der Waals surface area contributed by atoms with Crippen LogP contribution in [0, 0.1) is 63.6 Å². The molecular weight excluding hydrogens is 499 g/mol. The summed E-state index contributed by atoms with van der Waals surface area (Å²) in [6.45, 7) is 1.11. The van der Waals surface area contributed by atoms with Gasteiger partial charge in [0.05, 0.1) is 25.4 Å². The van der Waals surface area contributed by atoms with Gasteiger partial charge < -0.3 is 28.3 Å². The summed E-state index contributed by atoms with van der Waals surface area (Å²) in [6.07, 6.45) is 28.5. The van der Waals surface area contributed by atoms with Crippen molar-refractivity contribution in [3.8, 4) is 0 Å². The van der Waals surface area contributed by atoms with Gasteiger partial charge in [-0.25, -0.2) is 0 Å². The van der Waals surface area contributed by atoms with Crippen LogP contribution in [0.15, 0.2) is 0 Å². The van der Waals surface area contributed by atoms with Gasteiger partial charge >= 0.3 is 24.2 Å². The Hall–Kier alpha value is 0.344. The molecule has 0 N–H and O–H groups in total. The summed E-state index contributed by atoms with van der Waals surface area (Å²) < 4.78 is 38.5. The van der Waals surface area contributed by atoms with Crippen molar-refractivity contribution in [1.29, 1.82) is 0 Å². The number of rotatable bonds is 3. The normalized spacial score (nSPS) is 37.8. The molecule has 0 bridgehead atoms. The van der Waals surface area contributed by atoms with E-state index in [1.807, 2.05) is 57.8 Å². The Morgan fingerprint density at radius 1 is 0.583 bits per heavy atom. The molecule has 0 aromatic carbocycles. The van der Waals surface area contributed by atoms with Gasteiger partial charge in [0.25, 0.3) is 0 Å². The average molecular weight is 536 g/mol. The van der Waals surface area contributed by atoms with Crippen LogP contribution in [0.25, 0.3) is 0 Å². The van der Waals surface area contributed by atoms with Crippen LogP contribution in [0.5, 0.6) is 0 Å². The fourth-order valence-electron chi connectivity index (χ4n) is 6.28. The fraction of sp³-hybridized carbons (Fsp3) is 0.643. The van der Waals surface area contributed by atoms with Gasteiger partial charge in [-0.15, -0.1) is 0 Å².